The molecule has 0 aromatic heterocycles. The van der Waals surface area contributed by atoms with Crippen molar-refractivity contribution in [3.8, 4) is 0 Å². The Morgan fingerprint density at radius 2 is 1.78 bits per heavy atom. The Morgan fingerprint density at radius 3 is 2.58 bits per heavy atom. The summed E-state index contributed by atoms with van der Waals surface area (Å²) in [6.45, 7) is 0.993. The van der Waals surface area contributed by atoms with Crippen LogP contribution in [0, 0.1) is 17.8 Å². The Bertz CT molecular complexity index is 957. The van der Waals surface area contributed by atoms with E-state index in [4.69, 9.17) is 14.5 Å². The van der Waals surface area contributed by atoms with Gasteiger partial charge in [0.05, 0.1) is 24.5 Å². The van der Waals surface area contributed by atoms with Gasteiger partial charge in [-0.25, -0.2) is 4.99 Å². The topological polar surface area (TPSA) is 97.2 Å². The molecule has 3 fully saturated rings. The molecule has 196 valence electrons. The van der Waals surface area contributed by atoms with Crippen molar-refractivity contribution in [2.45, 2.75) is 95.3 Å². The average molecular weight is 497 g/mol. The van der Waals surface area contributed by atoms with Crippen LogP contribution in [0.15, 0.2) is 29.3 Å². The normalized spacial score (nSPS) is 29.7. The van der Waals surface area contributed by atoms with E-state index in [0.29, 0.717) is 19.0 Å². The van der Waals surface area contributed by atoms with Gasteiger partial charge in [0.25, 0.3) is 0 Å². The van der Waals surface area contributed by atoms with Gasteiger partial charge in [0.2, 0.25) is 5.91 Å². The number of nitrogens with zero attached hydrogens (tertiary/aromatic N) is 1. The Balaban J connectivity index is 1.15. The maximum absolute atomic E-state index is 12.8. The Morgan fingerprint density at radius 1 is 1.00 bits per heavy atom. The van der Waals surface area contributed by atoms with Crippen LogP contribution in [0.4, 0.5) is 0 Å². The molecule has 1 aromatic carbocycles. The lowest BCUT2D eigenvalue weighted by Gasteiger charge is -2.28. The maximum atomic E-state index is 12.8. The zero-order valence-corrected chi connectivity index (χ0v) is 21.2. The van der Waals surface area contributed by atoms with Gasteiger partial charge in [-0.05, 0) is 42.7 Å². The lowest BCUT2D eigenvalue weighted by Crippen LogP contribution is -2.35. The number of benzene rings is 1. The van der Waals surface area contributed by atoms with Gasteiger partial charge in [0.15, 0.2) is 11.9 Å². The molecule has 1 unspecified atom stereocenters. The third-order valence-corrected chi connectivity index (χ3v) is 8.66. The molecule has 5 atom stereocenters. The predicted molar refractivity (Wildman–Crippen MR) is 137 cm³/mol. The lowest BCUT2D eigenvalue weighted by atomic mass is 9.75. The first kappa shape index (κ1) is 25.2. The Kier molecular flexibility index (Phi) is 8.25. The molecule has 2 bridgehead atoms. The van der Waals surface area contributed by atoms with Gasteiger partial charge in [-0.2, -0.15) is 0 Å². The van der Waals surface area contributed by atoms with E-state index in [0.717, 1.165) is 42.7 Å². The van der Waals surface area contributed by atoms with Crippen LogP contribution in [0.2, 0.25) is 0 Å². The number of carboxylic acids is 1. The van der Waals surface area contributed by atoms with E-state index < -0.39 is 12.0 Å². The van der Waals surface area contributed by atoms with E-state index in [2.05, 4.69) is 5.32 Å². The number of rotatable bonds is 11. The van der Waals surface area contributed by atoms with Gasteiger partial charge in [0.1, 0.15) is 6.61 Å². The molecule has 3 heterocycles. The summed E-state index contributed by atoms with van der Waals surface area (Å²) in [5.74, 6) is 0.872. The number of carbonyl (C=O) groups excluding carboxylic acids is 1. The highest BCUT2D eigenvalue weighted by Crippen LogP contribution is 2.46. The molecule has 1 saturated carbocycles. The van der Waals surface area contributed by atoms with Crippen LogP contribution >= 0.6 is 0 Å². The summed E-state index contributed by atoms with van der Waals surface area (Å²) in [4.78, 5) is 28.8. The number of carboxylic acid groups (broad SMARTS) is 1. The highest BCUT2D eigenvalue weighted by atomic mass is 16.5. The first-order valence-corrected chi connectivity index (χ1v) is 14.0. The van der Waals surface area contributed by atoms with Crippen molar-refractivity contribution in [2.75, 3.05) is 13.2 Å². The third-order valence-electron chi connectivity index (χ3n) is 8.66. The fraction of sp³-hybridized carbons (Fsp3) is 0.690. The molecular formula is C29H40N2O5. The highest BCUT2D eigenvalue weighted by Gasteiger charge is 2.53. The van der Waals surface area contributed by atoms with Crippen molar-refractivity contribution < 1.29 is 24.2 Å². The minimum atomic E-state index is -0.825. The van der Waals surface area contributed by atoms with Crippen molar-refractivity contribution in [2.24, 2.45) is 22.7 Å². The van der Waals surface area contributed by atoms with E-state index in [-0.39, 0.29) is 36.4 Å². The summed E-state index contributed by atoms with van der Waals surface area (Å²) in [6.07, 6.45) is 13.3. The van der Waals surface area contributed by atoms with E-state index in [9.17, 15) is 14.7 Å². The number of aliphatic carboxylic acids is 1. The van der Waals surface area contributed by atoms with Crippen molar-refractivity contribution >= 4 is 17.8 Å². The summed E-state index contributed by atoms with van der Waals surface area (Å²) >= 11 is 0. The summed E-state index contributed by atoms with van der Waals surface area (Å²) in [6, 6.07) is 7.27. The fourth-order valence-electron chi connectivity index (χ4n) is 6.79. The summed E-state index contributed by atoms with van der Waals surface area (Å²) in [5.41, 5.74) is 1.90. The van der Waals surface area contributed by atoms with Crippen molar-refractivity contribution in [3.05, 3.63) is 35.4 Å². The molecule has 7 nitrogen and oxygen atoms in total. The molecule has 4 aliphatic rings. The summed E-state index contributed by atoms with van der Waals surface area (Å²) in [7, 11) is 0. The number of ether oxygens (including phenoxy) is 2. The van der Waals surface area contributed by atoms with E-state index in [1.165, 1.54) is 44.9 Å². The first-order valence-electron chi connectivity index (χ1n) is 14.0. The Labute approximate surface area is 214 Å². The monoisotopic (exact) mass is 496 g/mol. The van der Waals surface area contributed by atoms with Crippen LogP contribution < -0.4 is 5.32 Å². The maximum Gasteiger partial charge on any atom is 0.307 e. The minimum absolute atomic E-state index is 0.0167. The van der Waals surface area contributed by atoms with Crippen LogP contribution in [0.25, 0.3) is 0 Å². The second kappa shape index (κ2) is 11.8. The molecule has 5 rings (SSSR count). The smallest absolute Gasteiger partial charge is 0.307 e. The molecule has 2 N–H and O–H groups in total. The zero-order chi connectivity index (χ0) is 24.9. The number of aliphatic imine (C=N–C) groups is 1. The quantitative estimate of drug-likeness (QED) is 0.445. The van der Waals surface area contributed by atoms with Crippen LogP contribution in [-0.4, -0.2) is 54.3 Å². The van der Waals surface area contributed by atoms with Crippen molar-refractivity contribution in [3.63, 3.8) is 0 Å². The SMILES string of the molecule is O=C(O)Cc1ccccc1C[C@@H]1[C@H](C2=NC(C(=O)NCCCCC3CCCCC3)CO2)[C@H]2CC[C@@H]1O2. The number of nitrogens with one attached hydrogen (secondary N) is 1. The second-order valence-electron chi connectivity index (χ2n) is 11.1. The van der Waals surface area contributed by atoms with Crippen LogP contribution in [0.3, 0.4) is 0 Å². The molecule has 1 amide bonds. The van der Waals surface area contributed by atoms with Gasteiger partial charge in [-0.1, -0.05) is 69.2 Å². The highest BCUT2D eigenvalue weighted by molar-refractivity contribution is 5.90. The van der Waals surface area contributed by atoms with Crippen LogP contribution in [-0.2, 0) is 31.9 Å². The van der Waals surface area contributed by atoms with Gasteiger partial charge in [-0.15, -0.1) is 0 Å². The van der Waals surface area contributed by atoms with Crippen molar-refractivity contribution in [1.29, 1.82) is 0 Å². The molecule has 1 aromatic rings. The number of carbonyl (C=O) groups is 2. The Hall–Kier alpha value is -2.41. The number of hydrogen-bond acceptors (Lipinski definition) is 5. The average Bonchev–Trinajstić information content (AvgIpc) is 3.62. The summed E-state index contributed by atoms with van der Waals surface area (Å²) < 4.78 is 12.3. The van der Waals surface area contributed by atoms with E-state index in [1.54, 1.807) is 0 Å². The number of amides is 1. The molecule has 0 spiro atoms. The second-order valence-corrected chi connectivity index (χ2v) is 11.1. The standard InChI is InChI=1S/C29H40N2O5/c32-26(33)17-21-12-5-4-11-20(21)16-22-24-13-14-25(36-24)27(22)29-31-23(18-35-29)28(34)30-15-7-6-10-19-8-2-1-3-9-19/h4-5,11-12,19,22-25,27H,1-3,6-10,13-18H2,(H,30,34)(H,32,33)/t22-,23?,24-,25+,27-/m0/s1. The van der Waals surface area contributed by atoms with Crippen molar-refractivity contribution in [1.82, 2.24) is 5.32 Å². The molecule has 3 aliphatic heterocycles. The first-order chi connectivity index (χ1) is 17.6. The predicted octanol–water partition coefficient (Wildman–Crippen LogP) is 4.31. The van der Waals surface area contributed by atoms with E-state index >= 15 is 0 Å². The zero-order valence-electron chi connectivity index (χ0n) is 21.2. The number of unbranched alkanes of at least 4 members (excludes halogenated alkanes) is 1. The van der Waals surface area contributed by atoms with Gasteiger partial charge >= 0.3 is 5.97 Å². The number of fused-ring (bicyclic) bond motifs is 2. The molecule has 1 aliphatic carbocycles. The minimum Gasteiger partial charge on any atom is -0.481 e. The van der Waals surface area contributed by atoms with Crippen LogP contribution in [0.5, 0.6) is 0 Å². The van der Waals surface area contributed by atoms with Crippen LogP contribution in [0.1, 0.15) is 75.3 Å². The van der Waals surface area contributed by atoms with E-state index in [1.807, 2.05) is 24.3 Å². The third kappa shape index (κ3) is 5.93. The molecule has 7 heteroatoms. The van der Waals surface area contributed by atoms with Gasteiger partial charge < -0.3 is 19.9 Å². The molecular weight excluding hydrogens is 456 g/mol. The number of hydrogen-bond donors (Lipinski definition) is 2. The van der Waals surface area contributed by atoms with Gasteiger partial charge in [-0.3, -0.25) is 9.59 Å². The molecule has 36 heavy (non-hydrogen) atoms. The lowest BCUT2D eigenvalue weighted by molar-refractivity contribution is -0.136. The largest absolute Gasteiger partial charge is 0.481 e. The fourth-order valence-corrected chi connectivity index (χ4v) is 6.79. The molecule has 0 radical (unpaired) electrons. The summed E-state index contributed by atoms with van der Waals surface area (Å²) in [5, 5.41) is 12.4. The molecule has 2 saturated heterocycles. The van der Waals surface area contributed by atoms with Gasteiger partial charge in [0, 0.05) is 12.5 Å².